The molecule has 1 N–H and O–H groups in total. The summed E-state index contributed by atoms with van der Waals surface area (Å²) in [6.07, 6.45) is 1.43. The van der Waals surface area contributed by atoms with Gasteiger partial charge >= 0.3 is 5.69 Å². The van der Waals surface area contributed by atoms with E-state index >= 15 is 0 Å². The molecular weight excluding hydrogens is 387 g/mol. The number of benzene rings is 2. The number of H-pyrrole nitrogens is 1. The monoisotopic (exact) mass is 410 g/mol. The summed E-state index contributed by atoms with van der Waals surface area (Å²) in [6.45, 7) is 1.50. The number of nitrogens with zero attached hydrogens (tertiary/aromatic N) is 3. The van der Waals surface area contributed by atoms with Crippen LogP contribution >= 0.6 is 0 Å². The van der Waals surface area contributed by atoms with Crippen molar-refractivity contribution in [1.29, 1.82) is 0 Å². The van der Waals surface area contributed by atoms with Crippen LogP contribution in [0, 0.1) is 5.82 Å². The number of likely N-dealkylation sites (tertiary alicyclic amines) is 1. The third-order valence-electron chi connectivity index (χ3n) is 5.36. The van der Waals surface area contributed by atoms with Crippen LogP contribution in [0.5, 0.6) is 5.75 Å². The summed E-state index contributed by atoms with van der Waals surface area (Å²) in [5.41, 5.74) is 0.538. The lowest BCUT2D eigenvalue weighted by molar-refractivity contribution is -0.134. The van der Waals surface area contributed by atoms with Gasteiger partial charge in [0.25, 0.3) is 5.91 Å². The van der Waals surface area contributed by atoms with Crippen LogP contribution in [0.2, 0.25) is 0 Å². The van der Waals surface area contributed by atoms with Crippen LogP contribution in [0.1, 0.15) is 30.1 Å². The number of halogens is 1. The normalized spacial score (nSPS) is 14.6. The number of amides is 1. The SMILES string of the molecule is O=C(COc1ccccc1)N1CCC(c2n[nH]c(=O)n2Cc2ccc(F)cc2)CC1. The molecule has 2 aromatic carbocycles. The van der Waals surface area contributed by atoms with Gasteiger partial charge in [0.05, 0.1) is 6.54 Å². The number of piperidine rings is 1. The van der Waals surface area contributed by atoms with Gasteiger partial charge in [0.1, 0.15) is 17.4 Å². The zero-order valence-corrected chi connectivity index (χ0v) is 16.5. The molecule has 0 spiro atoms. The van der Waals surface area contributed by atoms with Gasteiger partial charge in [-0.2, -0.15) is 5.10 Å². The van der Waals surface area contributed by atoms with Gasteiger partial charge in [0.15, 0.2) is 6.61 Å². The first-order valence-corrected chi connectivity index (χ1v) is 9.95. The van der Waals surface area contributed by atoms with E-state index in [-0.39, 0.29) is 29.9 Å². The predicted octanol–water partition coefficient (Wildman–Crippen LogP) is 2.54. The minimum absolute atomic E-state index is 0.00631. The Morgan fingerprint density at radius 3 is 2.50 bits per heavy atom. The molecule has 8 heteroatoms. The van der Waals surface area contributed by atoms with Crippen LogP contribution in [0.15, 0.2) is 59.4 Å². The predicted molar refractivity (Wildman–Crippen MR) is 109 cm³/mol. The van der Waals surface area contributed by atoms with Gasteiger partial charge in [-0.05, 0) is 42.7 Å². The Morgan fingerprint density at radius 1 is 1.10 bits per heavy atom. The van der Waals surface area contributed by atoms with E-state index in [1.807, 2.05) is 30.3 Å². The molecule has 0 radical (unpaired) electrons. The first kappa shape index (κ1) is 19.9. The fraction of sp³-hybridized carbons (Fsp3) is 0.318. The topological polar surface area (TPSA) is 80.2 Å². The molecule has 1 aliphatic heterocycles. The maximum atomic E-state index is 13.1. The maximum absolute atomic E-state index is 13.1. The van der Waals surface area contributed by atoms with Crippen molar-refractivity contribution >= 4 is 5.91 Å². The van der Waals surface area contributed by atoms with Gasteiger partial charge in [-0.1, -0.05) is 30.3 Å². The summed E-state index contributed by atoms with van der Waals surface area (Å²) < 4.78 is 20.3. The fourth-order valence-electron chi connectivity index (χ4n) is 3.71. The molecule has 1 aliphatic rings. The van der Waals surface area contributed by atoms with Crippen LogP contribution in [0.3, 0.4) is 0 Å². The second kappa shape index (κ2) is 8.94. The Kier molecular flexibility index (Phi) is 5.92. The summed E-state index contributed by atoms with van der Waals surface area (Å²) in [5, 5.41) is 6.74. The summed E-state index contributed by atoms with van der Waals surface area (Å²) in [4.78, 5) is 26.5. The Morgan fingerprint density at radius 2 is 1.80 bits per heavy atom. The first-order chi connectivity index (χ1) is 14.6. The fourth-order valence-corrected chi connectivity index (χ4v) is 3.71. The van der Waals surface area contributed by atoms with Gasteiger partial charge < -0.3 is 9.64 Å². The standard InChI is InChI=1S/C22H23FN4O3/c23-18-8-6-16(7-9-18)14-27-21(24-25-22(27)29)17-10-12-26(13-11-17)20(28)15-30-19-4-2-1-3-5-19/h1-9,17H,10-15H2,(H,25,29). The number of carbonyl (C=O) groups excluding carboxylic acids is 1. The largest absolute Gasteiger partial charge is 0.484 e. The van der Waals surface area contributed by atoms with Gasteiger partial charge in [0.2, 0.25) is 0 Å². The molecular formula is C22H23FN4O3. The lowest BCUT2D eigenvalue weighted by atomic mass is 9.95. The molecule has 2 heterocycles. The van der Waals surface area contributed by atoms with Crippen LogP contribution in [-0.2, 0) is 11.3 Å². The number of aromatic amines is 1. The minimum atomic E-state index is -0.313. The van der Waals surface area contributed by atoms with E-state index in [9.17, 15) is 14.0 Å². The lowest BCUT2D eigenvalue weighted by Gasteiger charge is -2.31. The zero-order valence-electron chi connectivity index (χ0n) is 16.5. The summed E-state index contributed by atoms with van der Waals surface area (Å²) in [6, 6.07) is 15.3. The molecule has 0 bridgehead atoms. The molecule has 1 aromatic heterocycles. The van der Waals surface area contributed by atoms with Crippen molar-refractivity contribution in [3.8, 4) is 5.75 Å². The van der Waals surface area contributed by atoms with Crippen molar-refractivity contribution in [2.75, 3.05) is 19.7 Å². The summed E-state index contributed by atoms with van der Waals surface area (Å²) >= 11 is 0. The van der Waals surface area contributed by atoms with E-state index in [4.69, 9.17) is 4.74 Å². The number of hydrogen-bond donors (Lipinski definition) is 1. The molecule has 0 saturated carbocycles. The first-order valence-electron chi connectivity index (χ1n) is 9.95. The molecule has 1 saturated heterocycles. The number of nitrogens with one attached hydrogen (secondary N) is 1. The van der Waals surface area contributed by atoms with Gasteiger partial charge in [-0.3, -0.25) is 9.36 Å². The molecule has 7 nitrogen and oxygen atoms in total. The van der Waals surface area contributed by atoms with E-state index in [0.717, 1.165) is 5.56 Å². The smallest absolute Gasteiger partial charge is 0.343 e. The van der Waals surface area contributed by atoms with Crippen molar-refractivity contribution in [2.24, 2.45) is 0 Å². The second-order valence-electron chi connectivity index (χ2n) is 7.36. The van der Waals surface area contributed by atoms with Crippen molar-refractivity contribution in [3.05, 3.63) is 82.3 Å². The van der Waals surface area contributed by atoms with E-state index in [2.05, 4.69) is 10.2 Å². The zero-order chi connectivity index (χ0) is 20.9. The second-order valence-corrected chi connectivity index (χ2v) is 7.36. The van der Waals surface area contributed by atoms with Crippen LogP contribution in [0.25, 0.3) is 0 Å². The Hall–Kier alpha value is -3.42. The molecule has 4 rings (SSSR count). The average molecular weight is 410 g/mol. The molecule has 0 unspecified atom stereocenters. The highest BCUT2D eigenvalue weighted by molar-refractivity contribution is 5.77. The van der Waals surface area contributed by atoms with Gasteiger partial charge in [-0.25, -0.2) is 14.3 Å². The van der Waals surface area contributed by atoms with E-state index in [1.165, 1.54) is 12.1 Å². The minimum Gasteiger partial charge on any atom is -0.484 e. The third-order valence-corrected chi connectivity index (χ3v) is 5.36. The molecule has 0 aliphatic carbocycles. The Labute approximate surface area is 173 Å². The highest BCUT2D eigenvalue weighted by Crippen LogP contribution is 2.26. The van der Waals surface area contributed by atoms with Gasteiger partial charge in [0, 0.05) is 19.0 Å². The number of ether oxygens (including phenoxy) is 1. The van der Waals surface area contributed by atoms with Crippen LogP contribution < -0.4 is 10.4 Å². The average Bonchev–Trinajstić information content (AvgIpc) is 3.14. The quantitative estimate of drug-likeness (QED) is 0.677. The lowest BCUT2D eigenvalue weighted by Crippen LogP contribution is -2.41. The van der Waals surface area contributed by atoms with Crippen molar-refractivity contribution in [1.82, 2.24) is 19.7 Å². The molecule has 156 valence electrons. The van der Waals surface area contributed by atoms with E-state index < -0.39 is 0 Å². The Balaban J connectivity index is 1.35. The molecule has 1 amide bonds. The molecule has 0 atom stereocenters. The number of hydrogen-bond acceptors (Lipinski definition) is 4. The maximum Gasteiger partial charge on any atom is 0.343 e. The van der Waals surface area contributed by atoms with E-state index in [0.29, 0.717) is 44.0 Å². The number of para-hydroxylation sites is 1. The van der Waals surface area contributed by atoms with E-state index in [1.54, 1.807) is 21.6 Å². The number of carbonyl (C=O) groups is 1. The molecule has 3 aromatic rings. The van der Waals surface area contributed by atoms with Crippen LogP contribution in [-0.4, -0.2) is 45.3 Å². The highest BCUT2D eigenvalue weighted by atomic mass is 19.1. The highest BCUT2D eigenvalue weighted by Gasteiger charge is 2.27. The van der Waals surface area contributed by atoms with Crippen LogP contribution in [0.4, 0.5) is 4.39 Å². The summed E-state index contributed by atoms with van der Waals surface area (Å²) in [7, 11) is 0. The number of aromatic nitrogens is 3. The Bertz CT molecular complexity index is 1040. The van der Waals surface area contributed by atoms with Crippen molar-refractivity contribution in [3.63, 3.8) is 0 Å². The number of rotatable bonds is 6. The molecule has 1 fully saturated rings. The summed E-state index contributed by atoms with van der Waals surface area (Å²) in [5.74, 6) is 1.05. The van der Waals surface area contributed by atoms with Gasteiger partial charge in [-0.15, -0.1) is 0 Å². The third kappa shape index (κ3) is 4.59. The van der Waals surface area contributed by atoms with Crippen molar-refractivity contribution in [2.45, 2.75) is 25.3 Å². The van der Waals surface area contributed by atoms with Crippen molar-refractivity contribution < 1.29 is 13.9 Å². The molecule has 30 heavy (non-hydrogen) atoms.